The van der Waals surface area contributed by atoms with E-state index in [9.17, 15) is 13.2 Å². The number of hydrogen-bond acceptors (Lipinski definition) is 6. The molecule has 0 radical (unpaired) electrons. The number of halogens is 1. The van der Waals surface area contributed by atoms with Crippen molar-refractivity contribution in [3.63, 3.8) is 0 Å². The van der Waals surface area contributed by atoms with Gasteiger partial charge in [0.1, 0.15) is 5.75 Å². The molecule has 10 heteroatoms. The number of rotatable bonds is 10. The molecule has 0 aliphatic heterocycles. The van der Waals surface area contributed by atoms with E-state index < -0.39 is 10.0 Å². The Hall–Kier alpha value is -2.65. The molecule has 0 saturated carbocycles. The molecule has 1 amide bonds. The quantitative estimate of drug-likeness (QED) is 0.587. The minimum absolute atomic E-state index is 0.126. The summed E-state index contributed by atoms with van der Waals surface area (Å²) >= 11 is 6.11. The van der Waals surface area contributed by atoms with Crippen molar-refractivity contribution in [3.8, 4) is 17.2 Å². The third-order valence-corrected chi connectivity index (χ3v) is 5.75. The van der Waals surface area contributed by atoms with Gasteiger partial charge < -0.3 is 19.5 Å². The van der Waals surface area contributed by atoms with Gasteiger partial charge in [-0.05, 0) is 36.8 Å². The number of anilines is 2. The van der Waals surface area contributed by atoms with Crippen LogP contribution in [0.1, 0.15) is 12.8 Å². The first kappa shape index (κ1) is 23.6. The number of nitrogens with one attached hydrogen (secondary N) is 1. The van der Waals surface area contributed by atoms with E-state index in [4.69, 9.17) is 25.8 Å². The fourth-order valence-corrected chi connectivity index (χ4v) is 4.03. The standard InChI is InChI=1S/C20H25ClN2O6S/c1-27-17-10-8-15(13-16(17)21)23(30(4,25)26)11-5-6-20(24)22-14-7-9-18(28-2)19(12-14)29-3/h7-10,12-13H,5-6,11H2,1-4H3,(H,22,24). The first-order valence-electron chi connectivity index (χ1n) is 9.02. The van der Waals surface area contributed by atoms with E-state index in [1.54, 1.807) is 30.3 Å². The van der Waals surface area contributed by atoms with E-state index in [0.717, 1.165) is 6.26 Å². The van der Waals surface area contributed by atoms with E-state index in [2.05, 4.69) is 5.32 Å². The van der Waals surface area contributed by atoms with Gasteiger partial charge in [0, 0.05) is 24.7 Å². The number of methoxy groups -OCH3 is 3. The van der Waals surface area contributed by atoms with Gasteiger partial charge in [-0.25, -0.2) is 8.42 Å². The van der Waals surface area contributed by atoms with Gasteiger partial charge in [-0.15, -0.1) is 0 Å². The predicted molar refractivity (Wildman–Crippen MR) is 118 cm³/mol. The van der Waals surface area contributed by atoms with Crippen LogP contribution in [0.2, 0.25) is 5.02 Å². The highest BCUT2D eigenvalue weighted by Crippen LogP contribution is 2.31. The molecule has 8 nitrogen and oxygen atoms in total. The molecule has 0 spiro atoms. The van der Waals surface area contributed by atoms with E-state index in [0.29, 0.717) is 40.1 Å². The lowest BCUT2D eigenvalue weighted by atomic mass is 10.2. The Morgan fingerprint density at radius 3 is 2.20 bits per heavy atom. The van der Waals surface area contributed by atoms with E-state index in [1.807, 2.05) is 0 Å². The van der Waals surface area contributed by atoms with Crippen molar-refractivity contribution >= 4 is 38.9 Å². The molecule has 164 valence electrons. The van der Waals surface area contributed by atoms with E-state index >= 15 is 0 Å². The van der Waals surface area contributed by atoms with Crippen molar-refractivity contribution in [1.82, 2.24) is 0 Å². The van der Waals surface area contributed by atoms with Crippen LogP contribution in [0.25, 0.3) is 0 Å². The second-order valence-electron chi connectivity index (χ2n) is 6.38. The maximum absolute atomic E-state index is 12.3. The van der Waals surface area contributed by atoms with Crippen LogP contribution in [-0.2, 0) is 14.8 Å². The molecule has 0 unspecified atom stereocenters. The molecule has 0 aromatic heterocycles. The lowest BCUT2D eigenvalue weighted by molar-refractivity contribution is -0.116. The van der Waals surface area contributed by atoms with Crippen molar-refractivity contribution < 1.29 is 27.4 Å². The highest BCUT2D eigenvalue weighted by atomic mass is 35.5. The molecule has 1 N–H and O–H groups in total. The number of carbonyl (C=O) groups is 1. The van der Waals surface area contributed by atoms with E-state index in [1.165, 1.54) is 31.7 Å². The van der Waals surface area contributed by atoms with Crippen molar-refractivity contribution in [2.45, 2.75) is 12.8 Å². The minimum Gasteiger partial charge on any atom is -0.495 e. The summed E-state index contributed by atoms with van der Waals surface area (Å²) in [6.07, 6.45) is 1.55. The average Bonchev–Trinajstić information content (AvgIpc) is 2.70. The summed E-state index contributed by atoms with van der Waals surface area (Å²) in [7, 11) is 0.958. The molecule has 0 aliphatic rings. The summed E-state index contributed by atoms with van der Waals surface area (Å²) in [5.74, 6) is 1.25. The second kappa shape index (κ2) is 10.4. The molecule has 0 saturated heterocycles. The van der Waals surface area contributed by atoms with Crippen LogP contribution in [0, 0.1) is 0 Å². The Bertz CT molecular complexity index is 997. The largest absolute Gasteiger partial charge is 0.495 e. The maximum atomic E-state index is 12.3. The minimum atomic E-state index is -3.56. The SMILES string of the molecule is COc1ccc(N(CCCC(=O)Nc2ccc(OC)c(OC)c2)S(C)(=O)=O)cc1Cl. The van der Waals surface area contributed by atoms with Crippen LogP contribution in [0.4, 0.5) is 11.4 Å². The summed E-state index contributed by atoms with van der Waals surface area (Å²) in [4.78, 5) is 12.3. The smallest absolute Gasteiger partial charge is 0.232 e. The molecule has 0 aliphatic carbocycles. The van der Waals surface area contributed by atoms with Crippen molar-refractivity contribution in [2.24, 2.45) is 0 Å². The number of hydrogen-bond donors (Lipinski definition) is 1. The van der Waals surface area contributed by atoms with Gasteiger partial charge in [0.15, 0.2) is 11.5 Å². The zero-order valence-corrected chi connectivity index (χ0v) is 18.8. The number of benzene rings is 2. The Labute approximate surface area is 181 Å². The maximum Gasteiger partial charge on any atom is 0.232 e. The molecular formula is C20H25ClN2O6S. The Morgan fingerprint density at radius 2 is 1.63 bits per heavy atom. The number of ether oxygens (including phenoxy) is 3. The third-order valence-electron chi connectivity index (χ3n) is 4.26. The molecule has 2 aromatic rings. The third kappa shape index (κ3) is 6.17. The summed E-state index contributed by atoms with van der Waals surface area (Å²) < 4.78 is 41.1. The average molecular weight is 457 g/mol. The number of carbonyl (C=O) groups excluding carboxylic acids is 1. The van der Waals surface area contributed by atoms with Crippen LogP contribution in [0.15, 0.2) is 36.4 Å². The second-order valence-corrected chi connectivity index (χ2v) is 8.69. The lowest BCUT2D eigenvalue weighted by Gasteiger charge is -2.23. The first-order valence-corrected chi connectivity index (χ1v) is 11.3. The Balaban J connectivity index is 2.01. The topological polar surface area (TPSA) is 94.2 Å². The molecule has 0 bridgehead atoms. The molecular weight excluding hydrogens is 432 g/mol. The molecule has 0 atom stereocenters. The van der Waals surface area contributed by atoms with Gasteiger partial charge in [0.05, 0.1) is 38.3 Å². The number of nitrogens with zero attached hydrogens (tertiary/aromatic N) is 1. The Morgan fingerprint density at radius 1 is 1.00 bits per heavy atom. The zero-order valence-electron chi connectivity index (χ0n) is 17.3. The first-order chi connectivity index (χ1) is 14.2. The van der Waals surface area contributed by atoms with Gasteiger partial charge in [-0.3, -0.25) is 9.10 Å². The highest BCUT2D eigenvalue weighted by Gasteiger charge is 2.19. The predicted octanol–water partition coefficient (Wildman–Crippen LogP) is 3.55. The molecule has 30 heavy (non-hydrogen) atoms. The van der Waals surface area contributed by atoms with Gasteiger partial charge in [0.25, 0.3) is 0 Å². The molecule has 0 heterocycles. The molecule has 0 fully saturated rings. The lowest BCUT2D eigenvalue weighted by Crippen LogP contribution is -2.31. The fourth-order valence-electron chi connectivity index (χ4n) is 2.82. The zero-order chi connectivity index (χ0) is 22.3. The van der Waals surface area contributed by atoms with Crippen LogP contribution in [-0.4, -0.2) is 48.5 Å². The van der Waals surface area contributed by atoms with Crippen LogP contribution in [0.5, 0.6) is 17.2 Å². The van der Waals surface area contributed by atoms with Gasteiger partial charge in [-0.1, -0.05) is 11.6 Å². The summed E-state index contributed by atoms with van der Waals surface area (Å²) in [5, 5.41) is 3.07. The molecule has 2 rings (SSSR count). The highest BCUT2D eigenvalue weighted by molar-refractivity contribution is 7.92. The van der Waals surface area contributed by atoms with Crippen molar-refractivity contribution in [1.29, 1.82) is 0 Å². The van der Waals surface area contributed by atoms with Gasteiger partial charge in [-0.2, -0.15) is 0 Å². The Kier molecular flexibility index (Phi) is 8.19. The normalized spacial score (nSPS) is 11.0. The number of sulfonamides is 1. The molecule has 2 aromatic carbocycles. The van der Waals surface area contributed by atoms with Gasteiger partial charge >= 0.3 is 0 Å². The van der Waals surface area contributed by atoms with Crippen molar-refractivity contribution in [3.05, 3.63) is 41.4 Å². The van der Waals surface area contributed by atoms with Crippen molar-refractivity contribution in [2.75, 3.05) is 43.8 Å². The fraction of sp³-hybridized carbons (Fsp3) is 0.350. The number of amides is 1. The van der Waals surface area contributed by atoms with Gasteiger partial charge in [0.2, 0.25) is 15.9 Å². The summed E-state index contributed by atoms with van der Waals surface area (Å²) in [6.45, 7) is 0.126. The van der Waals surface area contributed by atoms with E-state index in [-0.39, 0.29) is 18.9 Å². The summed E-state index contributed by atoms with van der Waals surface area (Å²) in [6, 6.07) is 9.76. The monoisotopic (exact) mass is 456 g/mol. The van der Waals surface area contributed by atoms with Crippen LogP contribution >= 0.6 is 11.6 Å². The van der Waals surface area contributed by atoms with Crippen LogP contribution in [0.3, 0.4) is 0 Å². The van der Waals surface area contributed by atoms with Crippen LogP contribution < -0.4 is 23.8 Å². The summed E-state index contributed by atoms with van der Waals surface area (Å²) in [5.41, 5.74) is 0.961.